The fraction of sp³-hybridized carbons (Fsp3) is 0.294. The van der Waals surface area contributed by atoms with Crippen molar-refractivity contribution in [2.75, 3.05) is 6.54 Å². The molecule has 110 valence electrons. The second-order valence-electron chi connectivity index (χ2n) is 5.19. The highest BCUT2D eigenvalue weighted by atomic mass is 35.5. The van der Waals surface area contributed by atoms with Crippen LogP contribution in [0.4, 0.5) is 4.39 Å². The molecular weight excluding hydrogens is 289 g/mol. The number of ether oxygens (including phenoxy) is 1. The van der Waals surface area contributed by atoms with Gasteiger partial charge in [-0.1, -0.05) is 30.7 Å². The van der Waals surface area contributed by atoms with Crippen LogP contribution in [-0.2, 0) is 0 Å². The molecule has 1 N–H and O–H groups in total. The minimum absolute atomic E-state index is 0.0516. The topological polar surface area (TPSA) is 21.3 Å². The van der Waals surface area contributed by atoms with Gasteiger partial charge in [0.25, 0.3) is 0 Å². The van der Waals surface area contributed by atoms with Crippen molar-refractivity contribution in [1.82, 2.24) is 5.32 Å². The lowest BCUT2D eigenvalue weighted by atomic mass is 9.93. The molecule has 3 rings (SSSR count). The summed E-state index contributed by atoms with van der Waals surface area (Å²) in [5, 5.41) is 4.11. The molecule has 0 aromatic heterocycles. The molecule has 0 saturated heterocycles. The summed E-state index contributed by atoms with van der Waals surface area (Å²) in [7, 11) is 0. The molecule has 2 aromatic rings. The van der Waals surface area contributed by atoms with Gasteiger partial charge in [0.2, 0.25) is 0 Å². The third-order valence-corrected chi connectivity index (χ3v) is 4.01. The minimum atomic E-state index is -0.231. The Morgan fingerprint density at radius 3 is 2.71 bits per heavy atom. The van der Waals surface area contributed by atoms with Crippen molar-refractivity contribution in [1.29, 1.82) is 0 Å². The summed E-state index contributed by atoms with van der Waals surface area (Å²) in [6.45, 7) is 2.87. The number of rotatable bonds is 3. The van der Waals surface area contributed by atoms with Crippen LogP contribution in [0.15, 0.2) is 42.5 Å². The maximum absolute atomic E-state index is 13.5. The molecule has 0 spiro atoms. The van der Waals surface area contributed by atoms with Crippen LogP contribution in [-0.4, -0.2) is 6.54 Å². The lowest BCUT2D eigenvalue weighted by molar-refractivity contribution is 0.151. The molecule has 1 aliphatic heterocycles. The van der Waals surface area contributed by atoms with E-state index < -0.39 is 0 Å². The molecule has 2 unspecified atom stereocenters. The molecule has 1 aliphatic rings. The van der Waals surface area contributed by atoms with Crippen molar-refractivity contribution < 1.29 is 9.13 Å². The van der Waals surface area contributed by atoms with Gasteiger partial charge in [-0.15, -0.1) is 0 Å². The summed E-state index contributed by atoms with van der Waals surface area (Å²) in [4.78, 5) is 0. The SMILES string of the molecule is CCNC1CC(c2ccc(Cl)cc2)Oc2ccc(F)cc21. The highest BCUT2D eigenvalue weighted by Gasteiger charge is 2.29. The summed E-state index contributed by atoms with van der Waals surface area (Å²) in [5.41, 5.74) is 1.97. The molecule has 0 aliphatic carbocycles. The van der Waals surface area contributed by atoms with Gasteiger partial charge >= 0.3 is 0 Å². The van der Waals surface area contributed by atoms with Gasteiger partial charge in [0.15, 0.2) is 0 Å². The van der Waals surface area contributed by atoms with E-state index in [0.29, 0.717) is 5.02 Å². The molecule has 2 nitrogen and oxygen atoms in total. The van der Waals surface area contributed by atoms with E-state index in [2.05, 4.69) is 5.32 Å². The lowest BCUT2D eigenvalue weighted by Gasteiger charge is -2.33. The highest BCUT2D eigenvalue weighted by molar-refractivity contribution is 6.30. The van der Waals surface area contributed by atoms with Crippen LogP contribution in [0.2, 0.25) is 5.02 Å². The number of hydrogen-bond donors (Lipinski definition) is 1. The minimum Gasteiger partial charge on any atom is -0.485 e. The summed E-state index contributed by atoms with van der Waals surface area (Å²) < 4.78 is 19.5. The van der Waals surface area contributed by atoms with E-state index in [4.69, 9.17) is 16.3 Å². The van der Waals surface area contributed by atoms with Crippen molar-refractivity contribution in [3.8, 4) is 5.75 Å². The standard InChI is InChI=1S/C17H17ClFNO/c1-2-20-15-10-17(11-3-5-12(18)6-4-11)21-16-8-7-13(19)9-14(15)16/h3-9,15,17,20H,2,10H2,1H3. The zero-order valence-electron chi connectivity index (χ0n) is 11.8. The average Bonchev–Trinajstić information content (AvgIpc) is 2.48. The van der Waals surface area contributed by atoms with Gasteiger partial charge in [0.05, 0.1) is 0 Å². The average molecular weight is 306 g/mol. The second-order valence-corrected chi connectivity index (χ2v) is 5.62. The van der Waals surface area contributed by atoms with Gasteiger partial charge in [0.1, 0.15) is 17.7 Å². The Morgan fingerprint density at radius 2 is 2.00 bits per heavy atom. The first kappa shape index (κ1) is 14.4. The maximum Gasteiger partial charge on any atom is 0.126 e. The second kappa shape index (κ2) is 6.04. The Bertz CT molecular complexity index is 629. The Morgan fingerprint density at radius 1 is 1.24 bits per heavy atom. The number of halogens is 2. The van der Waals surface area contributed by atoms with E-state index in [1.807, 2.05) is 31.2 Å². The first-order valence-corrected chi connectivity index (χ1v) is 7.50. The maximum atomic E-state index is 13.5. The van der Waals surface area contributed by atoms with E-state index in [1.165, 1.54) is 6.07 Å². The van der Waals surface area contributed by atoms with Crippen molar-refractivity contribution in [2.24, 2.45) is 0 Å². The molecule has 2 atom stereocenters. The molecule has 4 heteroatoms. The van der Waals surface area contributed by atoms with E-state index in [9.17, 15) is 4.39 Å². The van der Waals surface area contributed by atoms with Gasteiger partial charge in [-0.25, -0.2) is 4.39 Å². The predicted molar refractivity (Wildman–Crippen MR) is 82.3 cm³/mol. The molecule has 0 fully saturated rings. The number of benzene rings is 2. The van der Waals surface area contributed by atoms with Gasteiger partial charge < -0.3 is 10.1 Å². The molecule has 0 amide bonds. The smallest absolute Gasteiger partial charge is 0.126 e. The van der Waals surface area contributed by atoms with E-state index in [-0.39, 0.29) is 18.0 Å². The highest BCUT2D eigenvalue weighted by Crippen LogP contribution is 2.41. The number of nitrogens with one attached hydrogen (secondary N) is 1. The van der Waals surface area contributed by atoms with Gasteiger partial charge in [-0.2, -0.15) is 0 Å². The number of hydrogen-bond acceptors (Lipinski definition) is 2. The predicted octanol–water partition coefficient (Wildman–Crippen LogP) is 4.65. The Kier molecular flexibility index (Phi) is 4.13. The first-order valence-electron chi connectivity index (χ1n) is 7.12. The third-order valence-electron chi connectivity index (χ3n) is 3.76. The Balaban J connectivity index is 1.93. The fourth-order valence-electron chi connectivity index (χ4n) is 2.76. The molecule has 1 heterocycles. The lowest BCUT2D eigenvalue weighted by Crippen LogP contribution is -2.29. The Labute approximate surface area is 128 Å². The molecular formula is C17H17ClFNO. The molecule has 0 saturated carbocycles. The molecule has 2 aromatic carbocycles. The van der Waals surface area contributed by atoms with Gasteiger partial charge in [-0.3, -0.25) is 0 Å². The van der Waals surface area contributed by atoms with Crippen LogP contribution in [0.5, 0.6) is 5.75 Å². The van der Waals surface area contributed by atoms with Crippen LogP contribution in [0.1, 0.15) is 36.6 Å². The van der Waals surface area contributed by atoms with E-state index in [0.717, 1.165) is 29.8 Å². The normalized spacial score (nSPS) is 20.7. The van der Waals surface area contributed by atoms with E-state index >= 15 is 0 Å². The molecule has 0 radical (unpaired) electrons. The van der Waals surface area contributed by atoms with Crippen LogP contribution >= 0.6 is 11.6 Å². The Hall–Kier alpha value is -1.58. The largest absolute Gasteiger partial charge is 0.485 e. The molecule has 21 heavy (non-hydrogen) atoms. The third kappa shape index (κ3) is 3.04. The monoisotopic (exact) mass is 305 g/mol. The van der Waals surface area contributed by atoms with E-state index in [1.54, 1.807) is 12.1 Å². The quantitative estimate of drug-likeness (QED) is 0.891. The summed E-state index contributed by atoms with van der Waals surface area (Å²) in [6.07, 6.45) is 0.718. The van der Waals surface area contributed by atoms with Crippen molar-refractivity contribution >= 4 is 11.6 Å². The first-order chi connectivity index (χ1) is 10.2. The summed E-state index contributed by atoms with van der Waals surface area (Å²) >= 11 is 5.93. The van der Waals surface area contributed by atoms with Crippen molar-refractivity contribution in [3.05, 3.63) is 64.4 Å². The van der Waals surface area contributed by atoms with Gasteiger partial charge in [0, 0.05) is 23.0 Å². The zero-order chi connectivity index (χ0) is 14.8. The van der Waals surface area contributed by atoms with Crippen LogP contribution in [0.25, 0.3) is 0 Å². The summed E-state index contributed by atoms with van der Waals surface area (Å²) in [5.74, 6) is 0.513. The fourth-order valence-corrected chi connectivity index (χ4v) is 2.89. The van der Waals surface area contributed by atoms with Crippen LogP contribution in [0, 0.1) is 5.82 Å². The van der Waals surface area contributed by atoms with Gasteiger partial charge in [-0.05, 0) is 42.4 Å². The summed E-state index contributed by atoms with van der Waals surface area (Å²) in [6, 6.07) is 12.5. The molecule has 0 bridgehead atoms. The van der Waals surface area contributed by atoms with Crippen LogP contribution in [0.3, 0.4) is 0 Å². The number of fused-ring (bicyclic) bond motifs is 1. The van der Waals surface area contributed by atoms with Crippen molar-refractivity contribution in [2.45, 2.75) is 25.5 Å². The van der Waals surface area contributed by atoms with Crippen molar-refractivity contribution in [3.63, 3.8) is 0 Å². The zero-order valence-corrected chi connectivity index (χ0v) is 12.5. The van der Waals surface area contributed by atoms with Crippen LogP contribution < -0.4 is 10.1 Å².